The first kappa shape index (κ1) is 15.2. The number of rotatable bonds is 8. The van der Waals surface area contributed by atoms with E-state index in [1.54, 1.807) is 6.92 Å². The summed E-state index contributed by atoms with van der Waals surface area (Å²) in [5.74, 6) is -0.572. The fourth-order valence-electron chi connectivity index (χ4n) is 1.94. The van der Waals surface area contributed by atoms with Crippen LogP contribution >= 0.6 is 0 Å². The SMILES string of the molecule is CCC(CCNC(=O)c1cn[nH]c1C)CCC(=O)O. The molecule has 3 N–H and O–H groups in total. The zero-order chi connectivity index (χ0) is 14.3. The third kappa shape index (κ3) is 5.11. The molecule has 0 aromatic carbocycles. The quantitative estimate of drug-likeness (QED) is 0.668. The summed E-state index contributed by atoms with van der Waals surface area (Å²) in [6.45, 7) is 4.39. The summed E-state index contributed by atoms with van der Waals surface area (Å²) >= 11 is 0. The van der Waals surface area contributed by atoms with Gasteiger partial charge in [0.05, 0.1) is 11.8 Å². The summed E-state index contributed by atoms with van der Waals surface area (Å²) in [7, 11) is 0. The molecular weight excluding hydrogens is 246 g/mol. The number of aryl methyl sites for hydroxylation is 1. The van der Waals surface area contributed by atoms with Gasteiger partial charge in [-0.1, -0.05) is 13.3 Å². The van der Waals surface area contributed by atoms with Crippen LogP contribution in [0.4, 0.5) is 0 Å². The number of hydrogen-bond acceptors (Lipinski definition) is 3. The number of nitrogens with zero attached hydrogens (tertiary/aromatic N) is 1. The van der Waals surface area contributed by atoms with Crippen molar-refractivity contribution in [3.05, 3.63) is 17.5 Å². The summed E-state index contributed by atoms with van der Waals surface area (Å²) in [4.78, 5) is 22.3. The van der Waals surface area contributed by atoms with Gasteiger partial charge in [0, 0.05) is 18.7 Å². The molecule has 1 amide bonds. The molecule has 1 atom stereocenters. The first-order chi connectivity index (χ1) is 9.04. The molecule has 6 nitrogen and oxygen atoms in total. The fourth-order valence-corrected chi connectivity index (χ4v) is 1.94. The fraction of sp³-hybridized carbons (Fsp3) is 0.615. The monoisotopic (exact) mass is 267 g/mol. The van der Waals surface area contributed by atoms with Crippen LogP contribution in [-0.4, -0.2) is 33.7 Å². The lowest BCUT2D eigenvalue weighted by Crippen LogP contribution is -2.26. The van der Waals surface area contributed by atoms with Crippen molar-refractivity contribution in [3.8, 4) is 0 Å². The van der Waals surface area contributed by atoms with E-state index < -0.39 is 5.97 Å². The zero-order valence-electron chi connectivity index (χ0n) is 11.4. The van der Waals surface area contributed by atoms with Crippen LogP contribution in [0.25, 0.3) is 0 Å². The summed E-state index contributed by atoms with van der Waals surface area (Å²) in [5, 5.41) is 18.0. The van der Waals surface area contributed by atoms with Gasteiger partial charge in [-0.2, -0.15) is 5.10 Å². The first-order valence-electron chi connectivity index (χ1n) is 6.54. The van der Waals surface area contributed by atoms with Crippen molar-refractivity contribution < 1.29 is 14.7 Å². The van der Waals surface area contributed by atoms with Gasteiger partial charge in [0.15, 0.2) is 0 Å². The van der Waals surface area contributed by atoms with E-state index >= 15 is 0 Å². The largest absolute Gasteiger partial charge is 0.481 e. The second-order valence-electron chi connectivity index (χ2n) is 4.66. The molecule has 0 saturated carbocycles. The number of aliphatic carboxylic acids is 1. The van der Waals surface area contributed by atoms with E-state index in [4.69, 9.17) is 5.11 Å². The number of carboxylic acids is 1. The predicted octanol–water partition coefficient (Wildman–Crippen LogP) is 1.73. The van der Waals surface area contributed by atoms with Gasteiger partial charge in [-0.3, -0.25) is 14.7 Å². The van der Waals surface area contributed by atoms with Gasteiger partial charge in [-0.15, -0.1) is 0 Å². The third-order valence-corrected chi connectivity index (χ3v) is 3.26. The number of carboxylic acid groups (broad SMARTS) is 1. The minimum absolute atomic E-state index is 0.140. The Kier molecular flexibility index (Phi) is 6.05. The van der Waals surface area contributed by atoms with Crippen molar-refractivity contribution in [2.24, 2.45) is 5.92 Å². The topological polar surface area (TPSA) is 95.1 Å². The first-order valence-corrected chi connectivity index (χ1v) is 6.54. The minimum Gasteiger partial charge on any atom is -0.481 e. The van der Waals surface area contributed by atoms with Gasteiger partial charge >= 0.3 is 5.97 Å². The number of amides is 1. The van der Waals surface area contributed by atoms with Gasteiger partial charge in [0.25, 0.3) is 5.91 Å². The van der Waals surface area contributed by atoms with Crippen LogP contribution in [0.5, 0.6) is 0 Å². The van der Waals surface area contributed by atoms with Crippen LogP contribution in [0, 0.1) is 12.8 Å². The Morgan fingerprint density at radius 1 is 1.47 bits per heavy atom. The molecule has 0 spiro atoms. The van der Waals surface area contributed by atoms with Crippen LogP contribution in [0.1, 0.15) is 48.7 Å². The Morgan fingerprint density at radius 3 is 2.74 bits per heavy atom. The van der Waals surface area contributed by atoms with E-state index in [0.717, 1.165) is 18.5 Å². The lowest BCUT2D eigenvalue weighted by atomic mass is 9.96. The molecule has 0 fully saturated rings. The molecule has 0 radical (unpaired) electrons. The van der Waals surface area contributed by atoms with Gasteiger partial charge in [-0.25, -0.2) is 0 Å². The average Bonchev–Trinajstić information content (AvgIpc) is 2.79. The van der Waals surface area contributed by atoms with Gasteiger partial charge in [0.1, 0.15) is 0 Å². The molecule has 19 heavy (non-hydrogen) atoms. The standard InChI is InChI=1S/C13H21N3O3/c1-3-10(4-5-12(17)18)6-7-14-13(19)11-8-15-16-9(11)2/h8,10H,3-7H2,1-2H3,(H,14,19)(H,15,16)(H,17,18). The summed E-state index contributed by atoms with van der Waals surface area (Å²) in [5.41, 5.74) is 1.30. The minimum atomic E-state index is -0.767. The smallest absolute Gasteiger partial charge is 0.303 e. The van der Waals surface area contributed by atoms with Crippen LogP contribution in [-0.2, 0) is 4.79 Å². The number of nitrogens with one attached hydrogen (secondary N) is 2. The number of hydrogen-bond donors (Lipinski definition) is 3. The Labute approximate surface area is 112 Å². The highest BCUT2D eigenvalue weighted by atomic mass is 16.4. The molecule has 106 valence electrons. The van der Waals surface area contributed by atoms with Crippen molar-refractivity contribution in [3.63, 3.8) is 0 Å². The Morgan fingerprint density at radius 2 is 2.21 bits per heavy atom. The summed E-state index contributed by atoms with van der Waals surface area (Å²) in [6, 6.07) is 0. The highest BCUT2D eigenvalue weighted by molar-refractivity contribution is 5.94. The van der Waals surface area contributed by atoms with Gasteiger partial charge < -0.3 is 10.4 Å². The van der Waals surface area contributed by atoms with Crippen LogP contribution < -0.4 is 5.32 Å². The molecule has 1 aromatic heterocycles. The van der Waals surface area contributed by atoms with Crippen LogP contribution in [0.15, 0.2) is 6.20 Å². The molecular formula is C13H21N3O3. The number of H-pyrrole nitrogens is 1. The molecule has 0 aliphatic carbocycles. The van der Waals surface area contributed by atoms with E-state index in [9.17, 15) is 9.59 Å². The van der Waals surface area contributed by atoms with Crippen molar-refractivity contribution in [2.75, 3.05) is 6.54 Å². The van der Waals surface area contributed by atoms with Gasteiger partial charge in [0.2, 0.25) is 0 Å². The molecule has 0 aliphatic heterocycles. The molecule has 0 aliphatic rings. The lowest BCUT2D eigenvalue weighted by Gasteiger charge is -2.13. The van der Waals surface area contributed by atoms with Gasteiger partial charge in [-0.05, 0) is 25.7 Å². The van der Waals surface area contributed by atoms with E-state index in [2.05, 4.69) is 15.5 Å². The second kappa shape index (κ2) is 7.56. The molecule has 0 bridgehead atoms. The second-order valence-corrected chi connectivity index (χ2v) is 4.66. The Hall–Kier alpha value is -1.85. The number of carbonyl (C=O) groups is 2. The zero-order valence-corrected chi connectivity index (χ0v) is 11.4. The van der Waals surface area contributed by atoms with Crippen molar-refractivity contribution in [1.29, 1.82) is 0 Å². The van der Waals surface area contributed by atoms with Crippen molar-refractivity contribution in [1.82, 2.24) is 15.5 Å². The average molecular weight is 267 g/mol. The number of aromatic nitrogens is 2. The molecule has 6 heteroatoms. The van der Waals surface area contributed by atoms with Crippen LogP contribution in [0.3, 0.4) is 0 Å². The maximum Gasteiger partial charge on any atom is 0.303 e. The Bertz CT molecular complexity index is 429. The third-order valence-electron chi connectivity index (χ3n) is 3.26. The van der Waals surface area contributed by atoms with E-state index in [-0.39, 0.29) is 12.3 Å². The maximum absolute atomic E-state index is 11.8. The van der Waals surface area contributed by atoms with E-state index in [1.807, 2.05) is 6.92 Å². The summed E-state index contributed by atoms with van der Waals surface area (Å²) in [6.07, 6.45) is 4.08. The van der Waals surface area contributed by atoms with Crippen molar-refractivity contribution >= 4 is 11.9 Å². The van der Waals surface area contributed by atoms with E-state index in [1.165, 1.54) is 6.20 Å². The highest BCUT2D eigenvalue weighted by Gasteiger charge is 2.12. The number of carbonyl (C=O) groups excluding carboxylic acids is 1. The molecule has 0 saturated heterocycles. The number of aromatic amines is 1. The molecule has 1 rings (SSSR count). The molecule has 1 unspecified atom stereocenters. The van der Waals surface area contributed by atoms with E-state index in [0.29, 0.717) is 24.4 Å². The maximum atomic E-state index is 11.8. The van der Waals surface area contributed by atoms with Crippen molar-refractivity contribution in [2.45, 2.75) is 39.5 Å². The molecule has 1 aromatic rings. The molecule has 1 heterocycles. The normalized spacial score (nSPS) is 12.1. The Balaban J connectivity index is 2.30. The van der Waals surface area contributed by atoms with Crippen LogP contribution in [0.2, 0.25) is 0 Å². The highest BCUT2D eigenvalue weighted by Crippen LogP contribution is 2.14. The predicted molar refractivity (Wildman–Crippen MR) is 70.9 cm³/mol. The lowest BCUT2D eigenvalue weighted by molar-refractivity contribution is -0.137. The summed E-state index contributed by atoms with van der Waals surface area (Å²) < 4.78 is 0.